The Morgan fingerprint density at radius 3 is 2.35 bits per heavy atom. The predicted molar refractivity (Wildman–Crippen MR) is 67.1 cm³/mol. The first-order chi connectivity index (χ1) is 7.84. The molecule has 0 spiro atoms. The van der Waals surface area contributed by atoms with Crippen molar-refractivity contribution in [3.63, 3.8) is 0 Å². The van der Waals surface area contributed by atoms with Gasteiger partial charge in [0, 0.05) is 19.3 Å². The summed E-state index contributed by atoms with van der Waals surface area (Å²) in [6, 6.07) is 0.324. The number of rotatable bonds is 5. The SMILES string of the molecule is CN(C)C(CC(C)(C)C(=O)O)C1CCOCC1. The van der Waals surface area contributed by atoms with Crippen LogP contribution in [-0.2, 0) is 9.53 Å². The number of carbonyl (C=O) groups is 1. The second-order valence-corrected chi connectivity index (χ2v) is 5.87. The van der Waals surface area contributed by atoms with Crippen LogP contribution in [-0.4, -0.2) is 49.3 Å². The minimum absolute atomic E-state index is 0.324. The highest BCUT2D eigenvalue weighted by molar-refractivity contribution is 5.73. The van der Waals surface area contributed by atoms with Gasteiger partial charge in [0.05, 0.1) is 5.41 Å². The summed E-state index contributed by atoms with van der Waals surface area (Å²) in [4.78, 5) is 13.4. The lowest BCUT2D eigenvalue weighted by Crippen LogP contribution is -2.43. The van der Waals surface area contributed by atoms with E-state index in [1.807, 2.05) is 27.9 Å². The van der Waals surface area contributed by atoms with Crippen LogP contribution in [0.5, 0.6) is 0 Å². The Labute approximate surface area is 104 Å². The Hall–Kier alpha value is -0.610. The molecule has 1 saturated heterocycles. The smallest absolute Gasteiger partial charge is 0.309 e. The molecule has 4 nitrogen and oxygen atoms in total. The molecule has 1 N–H and O–H groups in total. The van der Waals surface area contributed by atoms with Crippen LogP contribution in [0.15, 0.2) is 0 Å². The van der Waals surface area contributed by atoms with Crippen LogP contribution in [0.1, 0.15) is 33.1 Å². The number of nitrogens with zero attached hydrogens (tertiary/aromatic N) is 1. The van der Waals surface area contributed by atoms with E-state index in [2.05, 4.69) is 4.90 Å². The van der Waals surface area contributed by atoms with E-state index >= 15 is 0 Å². The van der Waals surface area contributed by atoms with Crippen LogP contribution in [0.2, 0.25) is 0 Å². The van der Waals surface area contributed by atoms with Gasteiger partial charge in [-0.2, -0.15) is 0 Å². The number of carboxylic acids is 1. The Bertz CT molecular complexity index is 257. The fourth-order valence-corrected chi connectivity index (χ4v) is 2.48. The lowest BCUT2D eigenvalue weighted by atomic mass is 9.78. The van der Waals surface area contributed by atoms with Gasteiger partial charge in [0.25, 0.3) is 0 Å². The maximum Gasteiger partial charge on any atom is 0.309 e. The van der Waals surface area contributed by atoms with Crippen molar-refractivity contribution < 1.29 is 14.6 Å². The van der Waals surface area contributed by atoms with Crippen molar-refractivity contribution >= 4 is 5.97 Å². The average molecular weight is 243 g/mol. The van der Waals surface area contributed by atoms with Crippen molar-refractivity contribution in [2.75, 3.05) is 27.3 Å². The number of carboxylic acid groups (broad SMARTS) is 1. The van der Waals surface area contributed by atoms with Crippen molar-refractivity contribution in [1.82, 2.24) is 4.90 Å². The second-order valence-electron chi connectivity index (χ2n) is 5.87. The molecule has 0 saturated carbocycles. The highest BCUT2D eigenvalue weighted by Crippen LogP contribution is 2.31. The Morgan fingerprint density at radius 2 is 1.94 bits per heavy atom. The molecule has 100 valence electrons. The van der Waals surface area contributed by atoms with Crippen LogP contribution in [0.3, 0.4) is 0 Å². The molecule has 4 heteroatoms. The molecule has 17 heavy (non-hydrogen) atoms. The molecule has 0 aromatic rings. The Morgan fingerprint density at radius 1 is 1.41 bits per heavy atom. The first-order valence-corrected chi connectivity index (χ1v) is 6.32. The largest absolute Gasteiger partial charge is 0.481 e. The minimum Gasteiger partial charge on any atom is -0.481 e. The molecule has 0 aromatic heterocycles. The molecule has 1 aliphatic heterocycles. The van der Waals surface area contributed by atoms with Crippen LogP contribution in [0, 0.1) is 11.3 Å². The zero-order chi connectivity index (χ0) is 13.1. The molecule has 0 bridgehead atoms. The first-order valence-electron chi connectivity index (χ1n) is 6.32. The predicted octanol–water partition coefficient (Wildman–Crippen LogP) is 1.84. The molecular formula is C13H25NO3. The number of ether oxygens (including phenoxy) is 1. The third-order valence-electron chi connectivity index (χ3n) is 3.77. The quantitative estimate of drug-likeness (QED) is 0.800. The lowest BCUT2D eigenvalue weighted by molar-refractivity contribution is -0.148. The molecule has 0 aromatic carbocycles. The monoisotopic (exact) mass is 243 g/mol. The van der Waals surface area contributed by atoms with Gasteiger partial charge in [-0.3, -0.25) is 4.79 Å². The van der Waals surface area contributed by atoms with Gasteiger partial charge < -0.3 is 14.7 Å². The summed E-state index contributed by atoms with van der Waals surface area (Å²) >= 11 is 0. The maximum atomic E-state index is 11.2. The summed E-state index contributed by atoms with van der Waals surface area (Å²) in [6.07, 6.45) is 2.77. The van der Waals surface area contributed by atoms with Crippen molar-refractivity contribution in [2.24, 2.45) is 11.3 Å². The molecule has 1 unspecified atom stereocenters. The summed E-state index contributed by atoms with van der Waals surface area (Å²) in [5.74, 6) is -0.159. The van der Waals surface area contributed by atoms with Gasteiger partial charge in [-0.15, -0.1) is 0 Å². The summed E-state index contributed by atoms with van der Waals surface area (Å²) in [5.41, 5.74) is -0.659. The summed E-state index contributed by atoms with van der Waals surface area (Å²) < 4.78 is 5.37. The van der Waals surface area contributed by atoms with Crippen LogP contribution in [0.25, 0.3) is 0 Å². The molecular weight excluding hydrogens is 218 g/mol. The molecule has 0 amide bonds. The molecule has 0 aliphatic carbocycles. The maximum absolute atomic E-state index is 11.2. The van der Waals surface area contributed by atoms with Gasteiger partial charge in [-0.05, 0) is 53.1 Å². The first kappa shape index (κ1) is 14.5. The van der Waals surface area contributed by atoms with Gasteiger partial charge in [0.1, 0.15) is 0 Å². The summed E-state index contributed by atoms with van der Waals surface area (Å²) in [6.45, 7) is 5.24. The standard InChI is InChI=1S/C13H25NO3/c1-13(2,12(15)16)9-11(14(3)4)10-5-7-17-8-6-10/h10-11H,5-9H2,1-4H3,(H,15,16). The van der Waals surface area contributed by atoms with Crippen LogP contribution >= 0.6 is 0 Å². The minimum atomic E-state index is -0.712. The average Bonchev–Trinajstić information content (AvgIpc) is 2.26. The normalized spacial score (nSPS) is 20.5. The van der Waals surface area contributed by atoms with Gasteiger partial charge in [-0.1, -0.05) is 0 Å². The van der Waals surface area contributed by atoms with Crippen LogP contribution < -0.4 is 0 Å². The number of hydrogen-bond acceptors (Lipinski definition) is 3. The van der Waals surface area contributed by atoms with E-state index in [9.17, 15) is 9.90 Å². The Kier molecular flexibility index (Phi) is 4.95. The lowest BCUT2D eigenvalue weighted by Gasteiger charge is -2.38. The zero-order valence-corrected chi connectivity index (χ0v) is 11.4. The Balaban J connectivity index is 2.68. The van der Waals surface area contributed by atoms with E-state index in [1.54, 1.807) is 0 Å². The van der Waals surface area contributed by atoms with Crippen molar-refractivity contribution in [3.05, 3.63) is 0 Å². The van der Waals surface area contributed by atoms with Crippen LogP contribution in [0.4, 0.5) is 0 Å². The van der Waals surface area contributed by atoms with Crippen molar-refractivity contribution in [1.29, 1.82) is 0 Å². The highest BCUT2D eigenvalue weighted by atomic mass is 16.5. The van der Waals surface area contributed by atoms with Gasteiger partial charge in [0.2, 0.25) is 0 Å². The highest BCUT2D eigenvalue weighted by Gasteiger charge is 2.35. The number of aliphatic carboxylic acids is 1. The van der Waals surface area contributed by atoms with Crippen molar-refractivity contribution in [2.45, 2.75) is 39.2 Å². The fraction of sp³-hybridized carbons (Fsp3) is 0.923. The third-order valence-corrected chi connectivity index (χ3v) is 3.77. The second kappa shape index (κ2) is 5.83. The molecule has 1 heterocycles. The van der Waals surface area contributed by atoms with E-state index < -0.39 is 11.4 Å². The third kappa shape index (κ3) is 3.96. The van der Waals surface area contributed by atoms with Gasteiger partial charge in [0.15, 0.2) is 0 Å². The molecule has 0 radical (unpaired) electrons. The summed E-state index contributed by atoms with van der Waals surface area (Å²) in [7, 11) is 4.08. The molecule has 1 rings (SSSR count). The molecule has 1 aliphatic rings. The van der Waals surface area contributed by atoms with Gasteiger partial charge in [-0.25, -0.2) is 0 Å². The van der Waals surface area contributed by atoms with Gasteiger partial charge >= 0.3 is 5.97 Å². The number of hydrogen-bond donors (Lipinski definition) is 1. The van der Waals surface area contributed by atoms with E-state index in [0.717, 1.165) is 26.1 Å². The van der Waals surface area contributed by atoms with E-state index in [-0.39, 0.29) is 0 Å². The zero-order valence-electron chi connectivity index (χ0n) is 11.4. The fourth-order valence-electron chi connectivity index (χ4n) is 2.48. The summed E-state index contributed by atoms with van der Waals surface area (Å²) in [5, 5.41) is 9.23. The van der Waals surface area contributed by atoms with E-state index in [4.69, 9.17) is 4.74 Å². The topological polar surface area (TPSA) is 49.8 Å². The van der Waals surface area contributed by atoms with E-state index in [0.29, 0.717) is 18.4 Å². The van der Waals surface area contributed by atoms with Crippen molar-refractivity contribution in [3.8, 4) is 0 Å². The molecule has 1 atom stereocenters. The molecule has 1 fully saturated rings. The van der Waals surface area contributed by atoms with E-state index in [1.165, 1.54) is 0 Å².